The summed E-state index contributed by atoms with van der Waals surface area (Å²) < 4.78 is 0. The summed E-state index contributed by atoms with van der Waals surface area (Å²) in [6, 6.07) is 0.832. The number of carbonyl (C=O) groups is 2. The minimum absolute atomic E-state index is 0.102. The van der Waals surface area contributed by atoms with E-state index >= 15 is 0 Å². The monoisotopic (exact) mass is 264 g/mol. The number of hydrogen-bond acceptors (Lipinski definition) is 4. The molecule has 0 atom stereocenters. The van der Waals surface area contributed by atoms with Gasteiger partial charge >= 0.3 is 6.03 Å². The SMILES string of the molecule is C/C(NCC1CCCCC1)=C(/C#N)C(=O)NC(N)=O. The summed E-state index contributed by atoms with van der Waals surface area (Å²) in [6.45, 7) is 2.41. The van der Waals surface area contributed by atoms with E-state index < -0.39 is 11.9 Å². The maximum absolute atomic E-state index is 11.5. The van der Waals surface area contributed by atoms with Crippen LogP contribution >= 0.6 is 0 Å². The molecule has 0 heterocycles. The molecule has 0 aromatic carbocycles. The molecule has 0 saturated heterocycles. The molecule has 4 N–H and O–H groups in total. The van der Waals surface area contributed by atoms with Crippen LogP contribution in [0.2, 0.25) is 0 Å². The van der Waals surface area contributed by atoms with Gasteiger partial charge in [0.1, 0.15) is 11.6 Å². The van der Waals surface area contributed by atoms with Gasteiger partial charge in [-0.15, -0.1) is 0 Å². The molecule has 1 saturated carbocycles. The van der Waals surface area contributed by atoms with Gasteiger partial charge in [-0.1, -0.05) is 19.3 Å². The van der Waals surface area contributed by atoms with Gasteiger partial charge in [0.25, 0.3) is 5.91 Å². The molecule has 104 valence electrons. The summed E-state index contributed by atoms with van der Waals surface area (Å²) in [5, 5.41) is 13.9. The number of nitrogens with two attached hydrogens (primary N) is 1. The lowest BCUT2D eigenvalue weighted by molar-refractivity contribution is -0.116. The van der Waals surface area contributed by atoms with Gasteiger partial charge in [-0.2, -0.15) is 5.26 Å². The van der Waals surface area contributed by atoms with Crippen molar-refractivity contribution < 1.29 is 9.59 Å². The van der Waals surface area contributed by atoms with Gasteiger partial charge in [0.05, 0.1) is 0 Å². The Kier molecular flexibility index (Phi) is 5.86. The molecule has 1 aliphatic carbocycles. The molecular weight excluding hydrogens is 244 g/mol. The van der Waals surface area contributed by atoms with Crippen LogP contribution in [-0.4, -0.2) is 18.5 Å². The largest absolute Gasteiger partial charge is 0.387 e. The van der Waals surface area contributed by atoms with Crippen molar-refractivity contribution in [3.05, 3.63) is 11.3 Å². The Labute approximate surface area is 113 Å². The first-order valence-electron chi connectivity index (χ1n) is 6.50. The molecule has 6 heteroatoms. The molecule has 0 aliphatic heterocycles. The molecule has 0 aromatic rings. The van der Waals surface area contributed by atoms with E-state index in [9.17, 15) is 9.59 Å². The number of carbonyl (C=O) groups excluding carboxylic acids is 2. The summed E-state index contributed by atoms with van der Waals surface area (Å²) in [5.74, 6) is -0.175. The van der Waals surface area contributed by atoms with Crippen LogP contribution in [0.15, 0.2) is 11.3 Å². The quantitative estimate of drug-likeness (QED) is 0.522. The van der Waals surface area contributed by atoms with E-state index in [1.165, 1.54) is 32.1 Å². The van der Waals surface area contributed by atoms with Crippen molar-refractivity contribution >= 4 is 11.9 Å². The van der Waals surface area contributed by atoms with Crippen molar-refractivity contribution in [3.63, 3.8) is 0 Å². The van der Waals surface area contributed by atoms with Crippen molar-refractivity contribution in [2.24, 2.45) is 11.7 Å². The van der Waals surface area contributed by atoms with Crippen molar-refractivity contribution in [1.82, 2.24) is 10.6 Å². The number of urea groups is 1. The number of nitrogens with zero attached hydrogens (tertiary/aromatic N) is 1. The number of nitrogens with one attached hydrogen (secondary N) is 2. The Balaban J connectivity index is 2.57. The van der Waals surface area contributed by atoms with Crippen molar-refractivity contribution in [2.45, 2.75) is 39.0 Å². The maximum Gasteiger partial charge on any atom is 0.319 e. The first kappa shape index (κ1) is 15.0. The molecule has 3 amide bonds. The Morgan fingerprint density at radius 1 is 1.32 bits per heavy atom. The van der Waals surface area contributed by atoms with Gasteiger partial charge in [-0.05, 0) is 25.7 Å². The van der Waals surface area contributed by atoms with E-state index in [-0.39, 0.29) is 5.57 Å². The number of rotatable bonds is 4. The third-order valence-corrected chi connectivity index (χ3v) is 3.33. The Bertz CT molecular complexity index is 417. The summed E-state index contributed by atoms with van der Waals surface area (Å²) in [5.41, 5.74) is 5.23. The molecule has 0 bridgehead atoms. The lowest BCUT2D eigenvalue weighted by Gasteiger charge is -2.22. The second kappa shape index (κ2) is 7.41. The zero-order chi connectivity index (χ0) is 14.3. The van der Waals surface area contributed by atoms with Gasteiger partial charge in [-0.3, -0.25) is 10.1 Å². The fourth-order valence-corrected chi connectivity index (χ4v) is 2.26. The zero-order valence-corrected chi connectivity index (χ0v) is 11.2. The van der Waals surface area contributed by atoms with Crippen LogP contribution in [0.4, 0.5) is 4.79 Å². The van der Waals surface area contributed by atoms with E-state index in [1.54, 1.807) is 13.0 Å². The van der Waals surface area contributed by atoms with Crippen LogP contribution in [0.3, 0.4) is 0 Å². The highest BCUT2D eigenvalue weighted by Crippen LogP contribution is 2.23. The highest BCUT2D eigenvalue weighted by Gasteiger charge is 2.16. The number of nitriles is 1. The Morgan fingerprint density at radius 3 is 2.47 bits per heavy atom. The second-order valence-corrected chi connectivity index (χ2v) is 4.82. The van der Waals surface area contributed by atoms with Gasteiger partial charge in [0.2, 0.25) is 0 Å². The van der Waals surface area contributed by atoms with Crippen molar-refractivity contribution in [3.8, 4) is 6.07 Å². The Morgan fingerprint density at radius 2 is 1.95 bits per heavy atom. The van der Waals surface area contributed by atoms with E-state index in [1.807, 2.05) is 5.32 Å². The topological polar surface area (TPSA) is 108 Å². The molecule has 0 spiro atoms. The first-order valence-corrected chi connectivity index (χ1v) is 6.50. The predicted molar refractivity (Wildman–Crippen MR) is 70.6 cm³/mol. The summed E-state index contributed by atoms with van der Waals surface area (Å²) >= 11 is 0. The second-order valence-electron chi connectivity index (χ2n) is 4.82. The van der Waals surface area contributed by atoms with E-state index in [4.69, 9.17) is 11.0 Å². The van der Waals surface area contributed by atoms with Crippen LogP contribution in [0.1, 0.15) is 39.0 Å². The molecule has 1 rings (SSSR count). The van der Waals surface area contributed by atoms with Gasteiger partial charge in [-0.25, -0.2) is 4.79 Å². The zero-order valence-electron chi connectivity index (χ0n) is 11.2. The molecule has 0 radical (unpaired) electrons. The average Bonchev–Trinajstić information content (AvgIpc) is 2.37. The first-order chi connectivity index (χ1) is 9.04. The summed E-state index contributed by atoms with van der Waals surface area (Å²) in [4.78, 5) is 22.1. The smallest absolute Gasteiger partial charge is 0.319 e. The van der Waals surface area contributed by atoms with Crippen LogP contribution in [-0.2, 0) is 4.79 Å². The minimum atomic E-state index is -0.960. The average molecular weight is 264 g/mol. The number of imide groups is 1. The number of allylic oxidation sites excluding steroid dienone is 1. The number of primary amides is 1. The lowest BCUT2D eigenvalue weighted by Crippen LogP contribution is -2.37. The number of amides is 3. The van der Waals surface area contributed by atoms with Gasteiger partial charge in [0, 0.05) is 12.2 Å². The third kappa shape index (κ3) is 5.00. The molecule has 0 unspecified atom stereocenters. The van der Waals surface area contributed by atoms with Crippen LogP contribution in [0.5, 0.6) is 0 Å². The highest BCUT2D eigenvalue weighted by atomic mass is 16.2. The minimum Gasteiger partial charge on any atom is -0.387 e. The predicted octanol–water partition coefficient (Wildman–Crippen LogP) is 1.15. The summed E-state index contributed by atoms with van der Waals surface area (Å²) in [7, 11) is 0. The normalized spacial score (nSPS) is 17.1. The van der Waals surface area contributed by atoms with E-state index in [0.29, 0.717) is 11.6 Å². The summed E-state index contributed by atoms with van der Waals surface area (Å²) in [6.07, 6.45) is 6.12. The van der Waals surface area contributed by atoms with Gasteiger partial charge in [0.15, 0.2) is 0 Å². The lowest BCUT2D eigenvalue weighted by atomic mass is 9.89. The van der Waals surface area contributed by atoms with Crippen LogP contribution < -0.4 is 16.4 Å². The molecular formula is C13H20N4O2. The standard InChI is InChI=1S/C13H20N4O2/c1-9(11(7-14)12(18)17-13(15)19)16-8-10-5-3-2-4-6-10/h10,16H,2-6,8H2,1H3,(H3,15,17,18,19)/b11-9+. The van der Waals surface area contributed by atoms with Crippen molar-refractivity contribution in [1.29, 1.82) is 5.26 Å². The highest BCUT2D eigenvalue weighted by molar-refractivity contribution is 6.06. The molecule has 1 fully saturated rings. The van der Waals surface area contributed by atoms with E-state index in [2.05, 4.69) is 5.32 Å². The fourth-order valence-electron chi connectivity index (χ4n) is 2.26. The van der Waals surface area contributed by atoms with Crippen molar-refractivity contribution in [2.75, 3.05) is 6.54 Å². The third-order valence-electron chi connectivity index (χ3n) is 3.33. The van der Waals surface area contributed by atoms with E-state index in [0.717, 1.165) is 6.54 Å². The van der Waals surface area contributed by atoms with Crippen LogP contribution in [0, 0.1) is 17.2 Å². The molecule has 6 nitrogen and oxygen atoms in total. The molecule has 1 aliphatic rings. The fraction of sp³-hybridized carbons (Fsp3) is 0.615. The van der Waals surface area contributed by atoms with Crippen LogP contribution in [0.25, 0.3) is 0 Å². The van der Waals surface area contributed by atoms with Gasteiger partial charge < -0.3 is 11.1 Å². The number of hydrogen-bond donors (Lipinski definition) is 3. The Hall–Kier alpha value is -2.03. The molecule has 0 aromatic heterocycles. The molecule has 19 heavy (non-hydrogen) atoms. The maximum atomic E-state index is 11.5.